The van der Waals surface area contributed by atoms with Gasteiger partial charge < -0.3 is 9.47 Å². The molecule has 0 aromatic heterocycles. The SMILES string of the molecule is CCOc1ccc(S(=O)(=O)N(CC)c2ccccc2C(=O)OC)cc1. The van der Waals surface area contributed by atoms with Gasteiger partial charge in [-0.15, -0.1) is 0 Å². The van der Waals surface area contributed by atoms with E-state index in [-0.39, 0.29) is 22.7 Å². The Morgan fingerprint density at radius 2 is 1.68 bits per heavy atom. The Morgan fingerprint density at radius 1 is 1.04 bits per heavy atom. The highest BCUT2D eigenvalue weighted by Gasteiger charge is 2.27. The molecule has 0 atom stereocenters. The van der Waals surface area contributed by atoms with Crippen molar-refractivity contribution in [3.8, 4) is 5.75 Å². The number of sulfonamides is 1. The first kappa shape index (κ1) is 18.8. The highest BCUT2D eigenvalue weighted by molar-refractivity contribution is 7.92. The van der Waals surface area contributed by atoms with Crippen LogP contribution in [0, 0.1) is 0 Å². The van der Waals surface area contributed by atoms with Crippen LogP contribution in [0.5, 0.6) is 5.75 Å². The molecule has 0 bridgehead atoms. The molecule has 2 rings (SSSR count). The topological polar surface area (TPSA) is 72.9 Å². The lowest BCUT2D eigenvalue weighted by molar-refractivity contribution is 0.0601. The molecule has 2 aromatic carbocycles. The summed E-state index contributed by atoms with van der Waals surface area (Å²) >= 11 is 0. The Morgan fingerprint density at radius 3 is 2.24 bits per heavy atom. The van der Waals surface area contributed by atoms with Crippen LogP contribution in [0.15, 0.2) is 53.4 Å². The molecule has 0 radical (unpaired) electrons. The maximum absolute atomic E-state index is 13.0. The van der Waals surface area contributed by atoms with Crippen LogP contribution in [0.2, 0.25) is 0 Å². The van der Waals surface area contributed by atoms with Gasteiger partial charge in [0.25, 0.3) is 10.0 Å². The summed E-state index contributed by atoms with van der Waals surface area (Å²) in [7, 11) is -2.57. The van der Waals surface area contributed by atoms with E-state index in [2.05, 4.69) is 0 Å². The summed E-state index contributed by atoms with van der Waals surface area (Å²) in [6, 6.07) is 12.7. The number of hydrogen-bond acceptors (Lipinski definition) is 5. The van der Waals surface area contributed by atoms with Gasteiger partial charge in [0.15, 0.2) is 0 Å². The van der Waals surface area contributed by atoms with Gasteiger partial charge >= 0.3 is 5.97 Å². The average molecular weight is 363 g/mol. The fourth-order valence-corrected chi connectivity index (χ4v) is 3.94. The molecule has 0 amide bonds. The van der Waals surface area contributed by atoms with Crippen LogP contribution in [-0.2, 0) is 14.8 Å². The lowest BCUT2D eigenvalue weighted by Crippen LogP contribution is -2.32. The Kier molecular flexibility index (Phi) is 6.03. The second-order valence-electron chi connectivity index (χ2n) is 5.08. The Balaban J connectivity index is 2.48. The van der Waals surface area contributed by atoms with Crippen LogP contribution >= 0.6 is 0 Å². The third-order valence-corrected chi connectivity index (χ3v) is 5.49. The molecular formula is C18H21NO5S. The van der Waals surface area contributed by atoms with Crippen molar-refractivity contribution >= 4 is 21.7 Å². The summed E-state index contributed by atoms with van der Waals surface area (Å²) in [5.74, 6) is 0.00963. The number of anilines is 1. The zero-order chi connectivity index (χ0) is 18.4. The van der Waals surface area contributed by atoms with Crippen molar-refractivity contribution in [2.75, 3.05) is 24.6 Å². The smallest absolute Gasteiger partial charge is 0.340 e. The van der Waals surface area contributed by atoms with Gasteiger partial charge in [0.05, 0.1) is 29.9 Å². The third kappa shape index (κ3) is 3.93. The first-order valence-electron chi connectivity index (χ1n) is 7.88. The van der Waals surface area contributed by atoms with Crippen molar-refractivity contribution in [1.82, 2.24) is 0 Å². The Labute approximate surface area is 148 Å². The van der Waals surface area contributed by atoms with Crippen LogP contribution in [0.4, 0.5) is 5.69 Å². The molecule has 0 heterocycles. The molecule has 7 heteroatoms. The lowest BCUT2D eigenvalue weighted by atomic mass is 10.2. The first-order chi connectivity index (χ1) is 12.0. The van der Waals surface area contributed by atoms with E-state index in [1.807, 2.05) is 6.92 Å². The minimum absolute atomic E-state index is 0.123. The molecule has 0 aliphatic carbocycles. The summed E-state index contributed by atoms with van der Waals surface area (Å²) in [6.45, 7) is 4.23. The van der Waals surface area contributed by atoms with E-state index in [1.165, 1.54) is 29.6 Å². The van der Waals surface area contributed by atoms with Crippen LogP contribution in [0.3, 0.4) is 0 Å². The highest BCUT2D eigenvalue weighted by atomic mass is 32.2. The van der Waals surface area contributed by atoms with Crippen LogP contribution in [0.1, 0.15) is 24.2 Å². The average Bonchev–Trinajstić information content (AvgIpc) is 2.62. The third-order valence-electron chi connectivity index (χ3n) is 3.59. The van der Waals surface area contributed by atoms with Crippen molar-refractivity contribution in [3.05, 3.63) is 54.1 Å². The van der Waals surface area contributed by atoms with Gasteiger partial charge in [-0.2, -0.15) is 0 Å². The molecule has 6 nitrogen and oxygen atoms in total. The van der Waals surface area contributed by atoms with Crippen LogP contribution in [-0.4, -0.2) is 34.6 Å². The minimum Gasteiger partial charge on any atom is -0.494 e. The van der Waals surface area contributed by atoms with E-state index < -0.39 is 16.0 Å². The fraction of sp³-hybridized carbons (Fsp3) is 0.278. The zero-order valence-electron chi connectivity index (χ0n) is 14.4. The molecule has 134 valence electrons. The quantitative estimate of drug-likeness (QED) is 0.707. The normalized spacial score (nSPS) is 11.0. The summed E-state index contributed by atoms with van der Waals surface area (Å²) in [4.78, 5) is 12.1. The number of ether oxygens (including phenoxy) is 2. The summed E-state index contributed by atoms with van der Waals surface area (Å²) in [5.41, 5.74) is 0.479. The largest absolute Gasteiger partial charge is 0.494 e. The van der Waals surface area contributed by atoms with Crippen molar-refractivity contribution in [2.24, 2.45) is 0 Å². The molecule has 0 spiro atoms. The summed E-state index contributed by atoms with van der Waals surface area (Å²) in [5, 5.41) is 0. The number of esters is 1. The zero-order valence-corrected chi connectivity index (χ0v) is 15.2. The van der Waals surface area contributed by atoms with E-state index in [0.717, 1.165) is 0 Å². The fourth-order valence-electron chi connectivity index (χ4n) is 2.45. The molecular weight excluding hydrogens is 342 g/mol. The molecule has 0 aliphatic rings. The minimum atomic E-state index is -3.83. The lowest BCUT2D eigenvalue weighted by Gasteiger charge is -2.24. The first-order valence-corrected chi connectivity index (χ1v) is 9.32. The van der Waals surface area contributed by atoms with Crippen molar-refractivity contribution < 1.29 is 22.7 Å². The number of benzene rings is 2. The van der Waals surface area contributed by atoms with Crippen molar-refractivity contribution in [1.29, 1.82) is 0 Å². The van der Waals surface area contributed by atoms with E-state index in [9.17, 15) is 13.2 Å². The van der Waals surface area contributed by atoms with Crippen LogP contribution in [0.25, 0.3) is 0 Å². The van der Waals surface area contributed by atoms with E-state index in [4.69, 9.17) is 9.47 Å². The molecule has 0 N–H and O–H groups in total. The molecule has 0 saturated heterocycles. The number of methoxy groups -OCH3 is 1. The number of nitrogens with zero attached hydrogens (tertiary/aromatic N) is 1. The standard InChI is InChI=1S/C18H21NO5S/c1-4-19(17-9-7-6-8-16(17)18(20)23-3)25(21,22)15-12-10-14(11-13-15)24-5-2/h6-13H,4-5H2,1-3H3. The molecule has 2 aromatic rings. The number of rotatable bonds is 7. The second-order valence-corrected chi connectivity index (χ2v) is 6.95. The maximum Gasteiger partial charge on any atom is 0.340 e. The molecule has 0 aliphatic heterocycles. The van der Waals surface area contributed by atoms with Gasteiger partial charge in [-0.05, 0) is 50.2 Å². The van der Waals surface area contributed by atoms with E-state index in [1.54, 1.807) is 37.3 Å². The predicted molar refractivity (Wildman–Crippen MR) is 95.6 cm³/mol. The molecule has 25 heavy (non-hydrogen) atoms. The van der Waals surface area contributed by atoms with Crippen molar-refractivity contribution in [2.45, 2.75) is 18.7 Å². The summed E-state index contributed by atoms with van der Waals surface area (Å²) < 4.78 is 37.3. The number of carbonyl (C=O) groups is 1. The monoisotopic (exact) mass is 363 g/mol. The van der Waals surface area contributed by atoms with E-state index in [0.29, 0.717) is 12.4 Å². The predicted octanol–water partition coefficient (Wildman–Crippen LogP) is 3.09. The summed E-state index contributed by atoms with van der Waals surface area (Å²) in [6.07, 6.45) is 0. The van der Waals surface area contributed by atoms with Gasteiger partial charge in [-0.25, -0.2) is 13.2 Å². The van der Waals surface area contributed by atoms with Crippen molar-refractivity contribution in [3.63, 3.8) is 0 Å². The molecule has 0 saturated carbocycles. The second kappa shape index (κ2) is 8.02. The van der Waals surface area contributed by atoms with Gasteiger partial charge in [0.2, 0.25) is 0 Å². The van der Waals surface area contributed by atoms with Gasteiger partial charge in [-0.3, -0.25) is 4.31 Å². The van der Waals surface area contributed by atoms with Gasteiger partial charge in [0.1, 0.15) is 5.75 Å². The van der Waals surface area contributed by atoms with E-state index >= 15 is 0 Å². The van der Waals surface area contributed by atoms with Crippen LogP contribution < -0.4 is 9.04 Å². The number of carbonyl (C=O) groups excluding carboxylic acids is 1. The maximum atomic E-state index is 13.0. The highest BCUT2D eigenvalue weighted by Crippen LogP contribution is 2.28. The van der Waals surface area contributed by atoms with Gasteiger partial charge in [0, 0.05) is 6.54 Å². The number of hydrogen-bond donors (Lipinski definition) is 0. The Bertz CT molecular complexity index is 831. The Hall–Kier alpha value is -2.54. The molecule has 0 fully saturated rings. The van der Waals surface area contributed by atoms with Gasteiger partial charge in [-0.1, -0.05) is 12.1 Å². The molecule has 0 unspecified atom stereocenters. The number of para-hydroxylation sites is 1.